The molecule has 1 aromatic rings. The lowest BCUT2D eigenvalue weighted by Gasteiger charge is -2.15. The summed E-state index contributed by atoms with van der Waals surface area (Å²) in [5.74, 6) is -0.619. The number of amides is 1. The maximum atomic E-state index is 12.8. The predicted octanol–water partition coefficient (Wildman–Crippen LogP) is 2.69. The van der Waals surface area contributed by atoms with Gasteiger partial charge in [0.05, 0.1) is 6.04 Å². The van der Waals surface area contributed by atoms with Gasteiger partial charge in [-0.05, 0) is 31.5 Å². The van der Waals surface area contributed by atoms with E-state index in [-0.39, 0.29) is 18.6 Å². The smallest absolute Gasteiger partial charge is 0.246 e. The van der Waals surface area contributed by atoms with E-state index < -0.39 is 5.82 Å². The molecule has 0 radical (unpaired) electrons. The molecular weight excluding hydrogens is 245 g/mol. The quantitative estimate of drug-likeness (QED) is 0.883. The average Bonchev–Trinajstić information content (AvgIpc) is 2.26. The number of hydrogen-bond donors (Lipinski definition) is 1. The standard InChI is InChI=1S/C12H15ClFNO2/c1-3-17-7-12(16)15-8(2)10-5-4-9(14)6-11(10)13/h4-6,8H,3,7H2,1-2H3,(H,15,16). The molecule has 1 rings (SSSR count). The van der Waals surface area contributed by atoms with E-state index in [4.69, 9.17) is 16.3 Å². The summed E-state index contributed by atoms with van der Waals surface area (Å²) in [5.41, 5.74) is 0.679. The third-order valence-corrected chi connectivity index (χ3v) is 2.57. The van der Waals surface area contributed by atoms with E-state index in [0.29, 0.717) is 17.2 Å². The fourth-order valence-corrected chi connectivity index (χ4v) is 1.74. The molecule has 0 aliphatic heterocycles. The second kappa shape index (κ2) is 6.57. The fourth-order valence-electron chi connectivity index (χ4n) is 1.41. The summed E-state index contributed by atoms with van der Waals surface area (Å²) in [4.78, 5) is 11.4. The average molecular weight is 260 g/mol. The Bertz CT molecular complexity index is 398. The van der Waals surface area contributed by atoms with E-state index >= 15 is 0 Å². The Kier molecular flexibility index (Phi) is 5.38. The van der Waals surface area contributed by atoms with Gasteiger partial charge in [0.15, 0.2) is 0 Å². The Hall–Kier alpha value is -1.13. The van der Waals surface area contributed by atoms with Crippen LogP contribution in [0.2, 0.25) is 5.02 Å². The SMILES string of the molecule is CCOCC(=O)NC(C)c1ccc(F)cc1Cl. The molecule has 0 aliphatic carbocycles. The molecule has 0 spiro atoms. The van der Waals surface area contributed by atoms with Gasteiger partial charge >= 0.3 is 0 Å². The van der Waals surface area contributed by atoms with Gasteiger partial charge in [0.25, 0.3) is 0 Å². The third kappa shape index (κ3) is 4.32. The van der Waals surface area contributed by atoms with E-state index in [1.165, 1.54) is 12.1 Å². The lowest BCUT2D eigenvalue weighted by Crippen LogP contribution is -2.30. The number of hydrogen-bond acceptors (Lipinski definition) is 2. The van der Waals surface area contributed by atoms with E-state index in [2.05, 4.69) is 5.32 Å². The van der Waals surface area contributed by atoms with E-state index in [0.717, 1.165) is 0 Å². The molecule has 1 aromatic carbocycles. The molecule has 94 valence electrons. The molecule has 1 amide bonds. The van der Waals surface area contributed by atoms with Crippen LogP contribution in [0.5, 0.6) is 0 Å². The summed E-state index contributed by atoms with van der Waals surface area (Å²) in [7, 11) is 0. The normalized spacial score (nSPS) is 12.2. The number of ether oxygens (including phenoxy) is 1. The third-order valence-electron chi connectivity index (χ3n) is 2.24. The molecule has 17 heavy (non-hydrogen) atoms. The van der Waals surface area contributed by atoms with Crippen LogP contribution in [0.25, 0.3) is 0 Å². The van der Waals surface area contributed by atoms with Crippen molar-refractivity contribution in [2.45, 2.75) is 19.9 Å². The number of rotatable bonds is 5. The molecule has 1 unspecified atom stereocenters. The first-order valence-corrected chi connectivity index (χ1v) is 5.74. The van der Waals surface area contributed by atoms with Gasteiger partial charge in [-0.2, -0.15) is 0 Å². The van der Waals surface area contributed by atoms with Crippen molar-refractivity contribution in [1.82, 2.24) is 5.32 Å². The van der Waals surface area contributed by atoms with Crippen LogP contribution in [0.4, 0.5) is 4.39 Å². The maximum absolute atomic E-state index is 12.8. The minimum Gasteiger partial charge on any atom is -0.372 e. The molecule has 3 nitrogen and oxygen atoms in total. The van der Waals surface area contributed by atoms with Crippen molar-refractivity contribution in [1.29, 1.82) is 0 Å². The first-order valence-electron chi connectivity index (χ1n) is 5.36. The zero-order valence-electron chi connectivity index (χ0n) is 9.80. The molecule has 0 aromatic heterocycles. The monoisotopic (exact) mass is 259 g/mol. The number of carbonyl (C=O) groups is 1. The first-order chi connectivity index (χ1) is 8.04. The van der Waals surface area contributed by atoms with Crippen molar-refractivity contribution >= 4 is 17.5 Å². The van der Waals surface area contributed by atoms with Gasteiger partial charge < -0.3 is 10.1 Å². The van der Waals surface area contributed by atoms with Gasteiger partial charge in [0, 0.05) is 11.6 Å². The van der Waals surface area contributed by atoms with Gasteiger partial charge in [-0.3, -0.25) is 4.79 Å². The summed E-state index contributed by atoms with van der Waals surface area (Å²) in [6.07, 6.45) is 0. The van der Waals surface area contributed by atoms with E-state index in [1.807, 2.05) is 6.92 Å². The van der Waals surface area contributed by atoms with Crippen LogP contribution in [-0.4, -0.2) is 19.1 Å². The molecule has 0 saturated heterocycles. The number of halogens is 2. The Labute approximate surface area is 105 Å². The zero-order chi connectivity index (χ0) is 12.8. The molecular formula is C12H15ClFNO2. The van der Waals surface area contributed by atoms with Crippen LogP contribution in [0.3, 0.4) is 0 Å². The van der Waals surface area contributed by atoms with Crippen LogP contribution in [0, 0.1) is 5.82 Å². The molecule has 1 N–H and O–H groups in total. The minimum atomic E-state index is -0.397. The Morgan fingerprint density at radius 1 is 1.59 bits per heavy atom. The summed E-state index contributed by atoms with van der Waals surface area (Å²) >= 11 is 5.89. The molecule has 0 aliphatic rings. The van der Waals surface area contributed by atoms with Crippen molar-refractivity contribution in [3.8, 4) is 0 Å². The molecule has 0 saturated carbocycles. The van der Waals surface area contributed by atoms with Gasteiger partial charge in [0.2, 0.25) is 5.91 Å². The van der Waals surface area contributed by atoms with Crippen molar-refractivity contribution < 1.29 is 13.9 Å². The molecule has 5 heteroatoms. The van der Waals surface area contributed by atoms with Gasteiger partial charge in [-0.15, -0.1) is 0 Å². The number of benzene rings is 1. The van der Waals surface area contributed by atoms with Gasteiger partial charge in [-0.1, -0.05) is 17.7 Å². The maximum Gasteiger partial charge on any atom is 0.246 e. The van der Waals surface area contributed by atoms with Crippen molar-refractivity contribution in [3.63, 3.8) is 0 Å². The fraction of sp³-hybridized carbons (Fsp3) is 0.417. The van der Waals surface area contributed by atoms with Crippen molar-refractivity contribution in [3.05, 3.63) is 34.6 Å². The summed E-state index contributed by atoms with van der Waals surface area (Å²) in [6, 6.07) is 3.81. The van der Waals surface area contributed by atoms with Crippen LogP contribution in [0.1, 0.15) is 25.5 Å². The largest absolute Gasteiger partial charge is 0.372 e. The van der Waals surface area contributed by atoms with Gasteiger partial charge in [0.1, 0.15) is 12.4 Å². The Balaban J connectivity index is 2.63. The Morgan fingerprint density at radius 2 is 2.29 bits per heavy atom. The van der Waals surface area contributed by atoms with Crippen molar-refractivity contribution in [2.24, 2.45) is 0 Å². The lowest BCUT2D eigenvalue weighted by atomic mass is 10.1. The summed E-state index contributed by atoms with van der Waals surface area (Å²) in [5, 5.41) is 3.02. The minimum absolute atomic E-state index is 0.0135. The van der Waals surface area contributed by atoms with Crippen molar-refractivity contribution in [2.75, 3.05) is 13.2 Å². The highest BCUT2D eigenvalue weighted by Gasteiger charge is 2.12. The molecule has 1 atom stereocenters. The lowest BCUT2D eigenvalue weighted by molar-refractivity contribution is -0.126. The summed E-state index contributed by atoms with van der Waals surface area (Å²) in [6.45, 7) is 4.09. The number of carbonyl (C=O) groups excluding carboxylic acids is 1. The van der Waals surface area contributed by atoms with E-state index in [9.17, 15) is 9.18 Å². The van der Waals surface area contributed by atoms with Crippen LogP contribution >= 0.6 is 11.6 Å². The summed E-state index contributed by atoms with van der Waals surface area (Å²) < 4.78 is 17.8. The van der Waals surface area contributed by atoms with Gasteiger partial charge in [-0.25, -0.2) is 4.39 Å². The predicted molar refractivity (Wildman–Crippen MR) is 64.5 cm³/mol. The number of nitrogens with one attached hydrogen (secondary N) is 1. The molecule has 0 heterocycles. The second-order valence-corrected chi connectivity index (χ2v) is 4.00. The van der Waals surface area contributed by atoms with E-state index in [1.54, 1.807) is 13.0 Å². The Morgan fingerprint density at radius 3 is 2.88 bits per heavy atom. The molecule has 0 bridgehead atoms. The van der Waals surface area contributed by atoms with Crippen LogP contribution < -0.4 is 5.32 Å². The molecule has 0 fully saturated rings. The highest BCUT2D eigenvalue weighted by Crippen LogP contribution is 2.23. The van der Waals surface area contributed by atoms with Crippen LogP contribution in [-0.2, 0) is 9.53 Å². The highest BCUT2D eigenvalue weighted by atomic mass is 35.5. The zero-order valence-corrected chi connectivity index (χ0v) is 10.6. The first kappa shape index (κ1) is 13.9. The topological polar surface area (TPSA) is 38.3 Å². The van der Waals surface area contributed by atoms with Crippen LogP contribution in [0.15, 0.2) is 18.2 Å². The highest BCUT2D eigenvalue weighted by molar-refractivity contribution is 6.31. The second-order valence-electron chi connectivity index (χ2n) is 3.59.